The lowest BCUT2D eigenvalue weighted by atomic mass is 9.82. The Morgan fingerprint density at radius 2 is 1.23 bits per heavy atom. The summed E-state index contributed by atoms with van der Waals surface area (Å²) >= 11 is 0. The molecule has 0 spiro atoms. The van der Waals surface area contributed by atoms with Gasteiger partial charge in [0.25, 0.3) is 0 Å². The molecule has 18 heteroatoms. The summed E-state index contributed by atoms with van der Waals surface area (Å²) in [5, 5.41) is 118. The van der Waals surface area contributed by atoms with E-state index in [1.807, 2.05) is 19.1 Å². The minimum absolute atomic E-state index is 0.107. The van der Waals surface area contributed by atoms with E-state index in [9.17, 15) is 65.8 Å². The lowest BCUT2D eigenvalue weighted by Gasteiger charge is -2.45. The van der Waals surface area contributed by atoms with Crippen molar-refractivity contribution < 1.29 is 84.7 Å². The first kappa shape index (κ1) is 55.9. The molecule has 2 bridgehead atoms. The monoisotopic (exact) mass is 923 g/mol. The number of cyclic esters (lactones) is 1. The zero-order chi connectivity index (χ0) is 48.4. The third-order valence-corrected chi connectivity index (χ3v) is 12.0. The minimum atomic E-state index is -2.33. The van der Waals surface area contributed by atoms with Crippen LogP contribution in [0.5, 0.6) is 0 Å². The van der Waals surface area contributed by atoms with E-state index >= 15 is 0 Å². The van der Waals surface area contributed by atoms with Crippen molar-refractivity contribution in [2.75, 3.05) is 0 Å². The number of carbonyl (C=O) groups is 2. The first-order valence-electron chi connectivity index (χ1n) is 22.3. The predicted molar refractivity (Wildman–Crippen MR) is 237 cm³/mol. The van der Waals surface area contributed by atoms with Gasteiger partial charge >= 0.3 is 11.9 Å². The van der Waals surface area contributed by atoms with Crippen molar-refractivity contribution in [3.05, 3.63) is 85.1 Å². The van der Waals surface area contributed by atoms with Crippen LogP contribution in [0, 0.1) is 17.8 Å². The van der Waals surface area contributed by atoms with E-state index in [1.54, 1.807) is 80.7 Å². The highest BCUT2D eigenvalue weighted by molar-refractivity contribution is 5.71. The average Bonchev–Trinajstić information content (AvgIpc) is 3.21. The van der Waals surface area contributed by atoms with Crippen LogP contribution in [0.4, 0.5) is 0 Å². The number of hydrogen-bond acceptors (Lipinski definition) is 17. The molecule has 13 N–H and O–H groups in total. The van der Waals surface area contributed by atoms with Gasteiger partial charge in [-0.3, -0.25) is 9.59 Å². The van der Waals surface area contributed by atoms with Crippen LogP contribution < -0.4 is 5.73 Å². The Kier molecular flexibility index (Phi) is 23.6. The summed E-state index contributed by atoms with van der Waals surface area (Å²) in [6, 6.07) is -1.15. The molecule has 3 aliphatic heterocycles. The van der Waals surface area contributed by atoms with Crippen LogP contribution in [0.2, 0.25) is 0 Å². The zero-order valence-corrected chi connectivity index (χ0v) is 37.6. The molecular weight excluding hydrogens is 851 g/mol. The highest BCUT2D eigenvalue weighted by Gasteiger charge is 2.51. The van der Waals surface area contributed by atoms with Gasteiger partial charge in [0.1, 0.15) is 18.1 Å². The largest absolute Gasteiger partial charge is 0.481 e. The number of aliphatic carboxylic acids is 1. The molecule has 0 aromatic heterocycles. The first-order valence-corrected chi connectivity index (χ1v) is 22.3. The average molecular weight is 924 g/mol. The van der Waals surface area contributed by atoms with Crippen LogP contribution in [0.3, 0.4) is 0 Å². The van der Waals surface area contributed by atoms with Crippen molar-refractivity contribution in [1.29, 1.82) is 0 Å². The maximum Gasteiger partial charge on any atom is 0.311 e. The van der Waals surface area contributed by atoms with Crippen LogP contribution in [-0.4, -0.2) is 166 Å². The number of esters is 1. The van der Waals surface area contributed by atoms with E-state index in [0.29, 0.717) is 0 Å². The van der Waals surface area contributed by atoms with Crippen molar-refractivity contribution in [2.24, 2.45) is 23.5 Å². The molecule has 2 fully saturated rings. The number of carboxylic acids is 1. The highest BCUT2D eigenvalue weighted by Crippen LogP contribution is 2.38. The molecule has 368 valence electrons. The molecule has 3 unspecified atom stereocenters. The van der Waals surface area contributed by atoms with Crippen molar-refractivity contribution in [2.45, 2.75) is 177 Å². The van der Waals surface area contributed by atoms with E-state index in [2.05, 4.69) is 0 Å². The predicted octanol–water partition coefficient (Wildman–Crippen LogP) is 0.712. The number of rotatable bonds is 3. The molecule has 3 aliphatic rings. The molecule has 0 aromatic rings. The quantitative estimate of drug-likeness (QED) is 0.174. The first-order chi connectivity index (χ1) is 30.6. The van der Waals surface area contributed by atoms with Gasteiger partial charge in [-0.25, -0.2) is 0 Å². The van der Waals surface area contributed by atoms with Crippen molar-refractivity contribution >= 4 is 11.9 Å². The second-order valence-electron chi connectivity index (χ2n) is 17.6. The summed E-state index contributed by atoms with van der Waals surface area (Å²) in [7, 11) is 0. The van der Waals surface area contributed by atoms with Gasteiger partial charge in [0, 0.05) is 37.5 Å². The van der Waals surface area contributed by atoms with Crippen LogP contribution in [-0.2, 0) is 28.5 Å². The second kappa shape index (κ2) is 27.4. The van der Waals surface area contributed by atoms with Crippen molar-refractivity contribution in [3.8, 4) is 0 Å². The zero-order valence-electron chi connectivity index (χ0n) is 37.6. The molecule has 2 saturated heterocycles. The fraction of sp³-hybridized carbons (Fsp3) is 0.660. The summed E-state index contributed by atoms with van der Waals surface area (Å²) in [6.07, 6.45) is 3.46. The van der Waals surface area contributed by atoms with Crippen molar-refractivity contribution in [1.82, 2.24) is 0 Å². The SMILES string of the molecule is CC1O[C@@H](O[C@H]2\C=C/C=C\C=C/C=C\C=C/C=C\C=C/[C@H](C)[C@@H](O)[C@@H](C)[C@H](C)OC(=O)C[C@H](O)C[C@H](O)CC[C@@H](O)[C@H](O)C[C@H](O)C[C@]3(O)C[C@H](O)[C@@H](C(=O)O)[C@H](C2)O3)C(O)C(N)[C@@H]1O. The van der Waals surface area contributed by atoms with Gasteiger partial charge in [0.2, 0.25) is 0 Å². The normalized spacial score (nSPS) is 45.5. The van der Waals surface area contributed by atoms with E-state index in [-0.39, 0.29) is 31.6 Å². The Bertz CT molecular complexity index is 1670. The number of fused-ring (bicyclic) bond motifs is 2. The molecule has 3 rings (SSSR count). The maximum absolute atomic E-state index is 12.6. The van der Waals surface area contributed by atoms with E-state index in [0.717, 1.165) is 0 Å². The fourth-order valence-corrected chi connectivity index (χ4v) is 7.97. The summed E-state index contributed by atoms with van der Waals surface area (Å²) in [4.78, 5) is 25.1. The van der Waals surface area contributed by atoms with E-state index in [4.69, 9.17) is 24.7 Å². The smallest absolute Gasteiger partial charge is 0.311 e. The third-order valence-electron chi connectivity index (χ3n) is 12.0. The maximum atomic E-state index is 12.6. The lowest BCUT2D eigenvalue weighted by Crippen LogP contribution is -2.61. The Morgan fingerprint density at radius 3 is 1.82 bits per heavy atom. The summed E-state index contributed by atoms with van der Waals surface area (Å²) in [5.74, 6) is -6.83. The number of carboxylic acid groups (broad SMARTS) is 1. The van der Waals surface area contributed by atoms with Gasteiger partial charge in [-0.1, -0.05) is 98.9 Å². The molecule has 18 nitrogen and oxygen atoms in total. The van der Waals surface area contributed by atoms with Crippen LogP contribution in [0.25, 0.3) is 0 Å². The van der Waals surface area contributed by atoms with Crippen LogP contribution in [0.15, 0.2) is 85.1 Å². The summed E-state index contributed by atoms with van der Waals surface area (Å²) < 4.78 is 23.1. The molecule has 0 radical (unpaired) electrons. The minimum Gasteiger partial charge on any atom is -0.481 e. The Morgan fingerprint density at radius 1 is 0.662 bits per heavy atom. The van der Waals surface area contributed by atoms with Gasteiger partial charge in [0.15, 0.2) is 12.1 Å². The number of aliphatic hydroxyl groups is 10. The molecule has 3 heterocycles. The lowest BCUT2D eigenvalue weighted by molar-refractivity contribution is -0.308. The van der Waals surface area contributed by atoms with Gasteiger partial charge in [-0.15, -0.1) is 0 Å². The van der Waals surface area contributed by atoms with Crippen LogP contribution in [0.1, 0.15) is 79.1 Å². The number of allylic oxidation sites excluding steroid dienone is 12. The number of aliphatic hydroxyl groups excluding tert-OH is 9. The fourth-order valence-electron chi connectivity index (χ4n) is 7.97. The third kappa shape index (κ3) is 18.6. The molecule has 0 aromatic carbocycles. The van der Waals surface area contributed by atoms with Gasteiger partial charge in [-0.05, 0) is 33.1 Å². The number of ether oxygens (including phenoxy) is 4. The molecule has 0 aliphatic carbocycles. The number of nitrogens with two attached hydrogens (primary N) is 1. The molecule has 19 atom stereocenters. The summed E-state index contributed by atoms with van der Waals surface area (Å²) in [6.45, 7) is 6.74. The molecule has 65 heavy (non-hydrogen) atoms. The standard InChI is InChI=1S/C47H73NO17/c1-27-17-15-13-11-9-7-5-6-8-10-12-14-16-18-34(64-46-44(58)41(48)43(57)30(4)63-46)24-38-40(45(59)60)37(54)26-47(61,65-38)25-33(51)22-36(53)35(52)20-19-31(49)21-32(50)23-39(55)62-29(3)28(2)42(27)56/h5-18,27-38,40-44,46,49-54,56-58,61H,19-26,48H2,1-4H3,(H,59,60)/b6-5-,9-7-,10-8-,13-11-,14-12-,17-15-,18-16-/t27-,28-,29-,30?,31+,32+,33-,34-,35+,36+,37-,38-,40+,41?,42+,43+,44?,46-,47+/m0/s1. The van der Waals surface area contributed by atoms with Gasteiger partial charge in [0.05, 0.1) is 79.6 Å². The van der Waals surface area contributed by atoms with Gasteiger partial charge in [-0.2, -0.15) is 0 Å². The Labute approximate surface area is 381 Å². The number of hydrogen-bond donors (Lipinski definition) is 12. The van der Waals surface area contributed by atoms with Gasteiger partial charge < -0.3 is 80.9 Å². The molecular formula is C47H73NO17. The second-order valence-corrected chi connectivity index (χ2v) is 17.6. The van der Waals surface area contributed by atoms with E-state index in [1.165, 1.54) is 13.0 Å². The van der Waals surface area contributed by atoms with Crippen molar-refractivity contribution in [3.63, 3.8) is 0 Å². The molecule has 0 amide bonds. The molecule has 0 saturated carbocycles. The Hall–Kier alpha value is -3.44. The topological polar surface area (TPSA) is 320 Å². The van der Waals surface area contributed by atoms with Crippen LogP contribution >= 0.6 is 0 Å². The summed E-state index contributed by atoms with van der Waals surface area (Å²) in [5.41, 5.74) is 6.02. The highest BCUT2D eigenvalue weighted by atomic mass is 16.7. The number of carbonyl (C=O) groups excluding carboxylic acids is 1. The Balaban J connectivity index is 1.86. The van der Waals surface area contributed by atoms with E-state index < -0.39 is 147 Å².